The van der Waals surface area contributed by atoms with Crippen LogP contribution in [0.1, 0.15) is 52.9 Å². The summed E-state index contributed by atoms with van der Waals surface area (Å²) in [5.74, 6) is -1.53. The summed E-state index contributed by atoms with van der Waals surface area (Å²) in [6, 6.07) is -0.373. The molecule has 0 aliphatic carbocycles. The van der Waals surface area contributed by atoms with Gasteiger partial charge in [-0.3, -0.25) is 14.4 Å². The molecule has 0 aliphatic rings. The molecule has 0 radical (unpaired) electrons. The monoisotopic (exact) mass is 382 g/mol. The van der Waals surface area contributed by atoms with Crippen LogP contribution in [-0.4, -0.2) is 47.7 Å². The minimum atomic E-state index is -0.764. The van der Waals surface area contributed by atoms with Crippen molar-refractivity contribution in [2.45, 2.75) is 64.5 Å². The third kappa shape index (κ3) is 12.0. The highest BCUT2D eigenvalue weighted by atomic mass is 16.5. The van der Waals surface area contributed by atoms with Crippen LogP contribution in [0.25, 0.3) is 0 Å². The quantitative estimate of drug-likeness (QED) is 0.242. The minimum Gasteiger partial charge on any atom is -0.463 e. The first-order chi connectivity index (χ1) is 12.6. The van der Waals surface area contributed by atoms with Gasteiger partial charge >= 0.3 is 5.97 Å². The number of aliphatic hydroxyl groups is 1. The molecule has 7 nitrogen and oxygen atoms in total. The first-order valence-electron chi connectivity index (χ1n) is 9.24. The number of aliphatic hydroxyl groups excluding tert-OH is 1. The van der Waals surface area contributed by atoms with E-state index in [0.29, 0.717) is 19.3 Å². The minimum absolute atomic E-state index is 0.0143. The molecule has 3 N–H and O–H groups in total. The number of esters is 1. The van der Waals surface area contributed by atoms with Gasteiger partial charge in [0.05, 0.1) is 18.1 Å². The SMILES string of the molecule is C=CCCCC(=O)OCC(C)(C)NC(=O)[C@H](CC=C)CC(=O)N[C@H](C)CO. The smallest absolute Gasteiger partial charge is 0.305 e. The lowest BCUT2D eigenvalue weighted by atomic mass is 9.97. The summed E-state index contributed by atoms with van der Waals surface area (Å²) >= 11 is 0. The van der Waals surface area contributed by atoms with Gasteiger partial charge < -0.3 is 20.5 Å². The largest absolute Gasteiger partial charge is 0.463 e. The van der Waals surface area contributed by atoms with E-state index in [2.05, 4.69) is 23.8 Å². The molecule has 0 rings (SSSR count). The van der Waals surface area contributed by atoms with E-state index < -0.39 is 11.5 Å². The number of carbonyl (C=O) groups is 3. The molecule has 0 aromatic carbocycles. The predicted octanol–water partition coefficient (Wildman–Crippen LogP) is 1.86. The molecule has 7 heteroatoms. The Labute approximate surface area is 162 Å². The van der Waals surface area contributed by atoms with E-state index in [9.17, 15) is 14.4 Å². The van der Waals surface area contributed by atoms with E-state index in [1.807, 2.05) is 0 Å². The fourth-order valence-corrected chi connectivity index (χ4v) is 2.28. The normalized spacial score (nSPS) is 13.2. The Bertz CT molecular complexity index is 517. The number of unbranched alkanes of at least 4 members (excludes halogenated alkanes) is 1. The maximum absolute atomic E-state index is 12.6. The molecule has 0 bridgehead atoms. The average Bonchev–Trinajstić information content (AvgIpc) is 2.59. The fraction of sp³-hybridized carbons (Fsp3) is 0.650. The standard InChI is InChI=1S/C20H34N2O5/c1-6-8-9-11-18(25)27-14-20(4,5)22-19(26)16(10-7-2)12-17(24)21-15(3)13-23/h6-7,15-16,23H,1-2,8-14H2,3-5H3,(H,21,24)(H,22,26)/t15-,16-/m1/s1. The van der Waals surface area contributed by atoms with Crippen LogP contribution < -0.4 is 10.6 Å². The molecule has 0 aromatic heterocycles. The van der Waals surface area contributed by atoms with Gasteiger partial charge in [0.2, 0.25) is 11.8 Å². The topological polar surface area (TPSA) is 105 Å². The number of carbonyl (C=O) groups excluding carboxylic acids is 3. The van der Waals surface area contributed by atoms with Crippen molar-refractivity contribution in [1.82, 2.24) is 10.6 Å². The maximum Gasteiger partial charge on any atom is 0.305 e. The molecule has 0 aromatic rings. The molecule has 0 heterocycles. The van der Waals surface area contributed by atoms with Crippen LogP contribution in [0.15, 0.2) is 25.3 Å². The fourth-order valence-electron chi connectivity index (χ4n) is 2.28. The van der Waals surface area contributed by atoms with E-state index in [1.165, 1.54) is 0 Å². The highest BCUT2D eigenvalue weighted by Gasteiger charge is 2.28. The zero-order valence-corrected chi connectivity index (χ0v) is 16.8. The second-order valence-corrected chi connectivity index (χ2v) is 7.29. The lowest BCUT2D eigenvalue weighted by Crippen LogP contribution is -2.50. The lowest BCUT2D eigenvalue weighted by Gasteiger charge is -2.28. The second kappa shape index (κ2) is 13.1. The number of amides is 2. The Hall–Kier alpha value is -2.15. The van der Waals surface area contributed by atoms with Gasteiger partial charge in [0.15, 0.2) is 0 Å². The number of rotatable bonds is 14. The number of nitrogens with one attached hydrogen (secondary N) is 2. The summed E-state index contributed by atoms with van der Waals surface area (Å²) < 4.78 is 5.23. The van der Waals surface area contributed by atoms with Gasteiger partial charge in [-0.2, -0.15) is 0 Å². The average molecular weight is 383 g/mol. The van der Waals surface area contributed by atoms with Gasteiger partial charge in [-0.05, 0) is 40.0 Å². The third-order valence-electron chi connectivity index (χ3n) is 3.78. The van der Waals surface area contributed by atoms with E-state index >= 15 is 0 Å². The van der Waals surface area contributed by atoms with Crippen LogP contribution in [0.5, 0.6) is 0 Å². The molecular weight excluding hydrogens is 348 g/mol. The van der Waals surface area contributed by atoms with Crippen LogP contribution in [0.4, 0.5) is 0 Å². The van der Waals surface area contributed by atoms with Gasteiger partial charge in [0.1, 0.15) is 6.61 Å². The van der Waals surface area contributed by atoms with Gasteiger partial charge in [-0.15, -0.1) is 13.2 Å². The highest BCUT2D eigenvalue weighted by Crippen LogP contribution is 2.13. The summed E-state index contributed by atoms with van der Waals surface area (Å²) in [7, 11) is 0. The van der Waals surface area contributed by atoms with Crippen LogP contribution in [0.3, 0.4) is 0 Å². The zero-order valence-electron chi connectivity index (χ0n) is 16.8. The van der Waals surface area contributed by atoms with Crippen molar-refractivity contribution >= 4 is 17.8 Å². The van der Waals surface area contributed by atoms with Crippen molar-refractivity contribution in [1.29, 1.82) is 0 Å². The van der Waals surface area contributed by atoms with Gasteiger partial charge in [-0.1, -0.05) is 12.2 Å². The predicted molar refractivity (Wildman–Crippen MR) is 105 cm³/mol. The molecular formula is C20H34N2O5. The molecule has 0 aliphatic heterocycles. The molecule has 154 valence electrons. The number of ether oxygens (including phenoxy) is 1. The van der Waals surface area contributed by atoms with Crippen molar-refractivity contribution in [2.75, 3.05) is 13.2 Å². The molecule has 2 atom stereocenters. The van der Waals surface area contributed by atoms with Crippen molar-refractivity contribution in [3.8, 4) is 0 Å². The summed E-state index contributed by atoms with van der Waals surface area (Å²) in [4.78, 5) is 36.3. The summed E-state index contributed by atoms with van der Waals surface area (Å²) in [6.45, 7) is 12.3. The first kappa shape index (κ1) is 24.8. The number of hydrogen-bond donors (Lipinski definition) is 3. The molecule has 27 heavy (non-hydrogen) atoms. The van der Waals surface area contributed by atoms with Crippen LogP contribution >= 0.6 is 0 Å². The summed E-state index contributed by atoms with van der Waals surface area (Å²) in [5.41, 5.74) is -0.764. The van der Waals surface area contributed by atoms with Crippen LogP contribution in [0.2, 0.25) is 0 Å². The summed E-state index contributed by atoms with van der Waals surface area (Å²) in [5, 5.41) is 14.4. The molecule has 0 saturated heterocycles. The van der Waals surface area contributed by atoms with Crippen molar-refractivity contribution in [2.24, 2.45) is 5.92 Å². The molecule has 2 amide bonds. The Morgan fingerprint density at radius 2 is 1.89 bits per heavy atom. The van der Waals surface area contributed by atoms with E-state index in [4.69, 9.17) is 9.84 Å². The van der Waals surface area contributed by atoms with Gasteiger partial charge in [0, 0.05) is 18.9 Å². The van der Waals surface area contributed by atoms with Crippen LogP contribution in [0, 0.1) is 5.92 Å². The molecule has 0 saturated carbocycles. The first-order valence-corrected chi connectivity index (χ1v) is 9.24. The highest BCUT2D eigenvalue weighted by molar-refractivity contribution is 5.86. The van der Waals surface area contributed by atoms with E-state index in [0.717, 1.165) is 6.42 Å². The van der Waals surface area contributed by atoms with E-state index in [1.54, 1.807) is 32.9 Å². The number of hydrogen-bond acceptors (Lipinski definition) is 5. The van der Waals surface area contributed by atoms with Crippen LogP contribution in [-0.2, 0) is 19.1 Å². The van der Waals surface area contributed by atoms with Gasteiger partial charge in [-0.25, -0.2) is 0 Å². The summed E-state index contributed by atoms with van der Waals surface area (Å²) in [6.07, 6.45) is 5.38. The Morgan fingerprint density at radius 1 is 1.22 bits per heavy atom. The molecule has 0 fully saturated rings. The Kier molecular flexibility index (Phi) is 12.0. The maximum atomic E-state index is 12.6. The van der Waals surface area contributed by atoms with Crippen molar-refractivity contribution in [3.63, 3.8) is 0 Å². The second-order valence-electron chi connectivity index (χ2n) is 7.29. The Balaban J connectivity index is 4.61. The van der Waals surface area contributed by atoms with Crippen molar-refractivity contribution in [3.05, 3.63) is 25.3 Å². The molecule has 0 unspecified atom stereocenters. The third-order valence-corrected chi connectivity index (χ3v) is 3.78. The van der Waals surface area contributed by atoms with Crippen molar-refractivity contribution < 1.29 is 24.2 Å². The lowest BCUT2D eigenvalue weighted by molar-refractivity contribution is -0.146. The Morgan fingerprint density at radius 3 is 2.44 bits per heavy atom. The molecule has 0 spiro atoms. The number of allylic oxidation sites excluding steroid dienone is 2. The van der Waals surface area contributed by atoms with Gasteiger partial charge in [0.25, 0.3) is 0 Å². The zero-order chi connectivity index (χ0) is 20.9. The van der Waals surface area contributed by atoms with E-state index in [-0.39, 0.29) is 43.5 Å².